The molecule has 3 unspecified atom stereocenters. The van der Waals surface area contributed by atoms with Gasteiger partial charge in [0.05, 0.1) is 0 Å². The Hall–Kier alpha value is -0.910. The molecule has 0 aliphatic rings. The van der Waals surface area contributed by atoms with E-state index in [-0.39, 0.29) is 12.0 Å². The summed E-state index contributed by atoms with van der Waals surface area (Å²) in [4.78, 5) is 22.8. The lowest BCUT2D eigenvalue weighted by Gasteiger charge is -2.22. The minimum atomic E-state index is -0.989. The van der Waals surface area contributed by atoms with Crippen LogP contribution in [0.15, 0.2) is 0 Å². The van der Waals surface area contributed by atoms with Crippen molar-refractivity contribution in [3.63, 3.8) is 0 Å². The summed E-state index contributed by atoms with van der Waals surface area (Å²) in [6, 6.07) is -1.16. The Bertz CT molecular complexity index is 274. The molecule has 3 atom stereocenters. The van der Waals surface area contributed by atoms with Crippen LogP contribution in [-0.2, 0) is 4.79 Å². The van der Waals surface area contributed by atoms with Crippen LogP contribution in [0.2, 0.25) is 0 Å². The number of thioether (sulfide) groups is 1. The monoisotopic (exact) mass is 276 g/mol. The van der Waals surface area contributed by atoms with Crippen LogP contribution < -0.4 is 10.6 Å². The van der Waals surface area contributed by atoms with Gasteiger partial charge in [0.1, 0.15) is 6.04 Å². The highest BCUT2D eigenvalue weighted by Crippen LogP contribution is 2.08. The molecule has 0 bridgehead atoms. The van der Waals surface area contributed by atoms with E-state index in [0.717, 1.165) is 12.2 Å². The molecule has 0 rings (SSSR count). The van der Waals surface area contributed by atoms with Crippen molar-refractivity contribution in [2.75, 3.05) is 12.0 Å². The molecule has 0 aromatic heterocycles. The smallest absolute Gasteiger partial charge is 0.326 e. The van der Waals surface area contributed by atoms with Crippen LogP contribution in [-0.4, -0.2) is 41.2 Å². The summed E-state index contributed by atoms with van der Waals surface area (Å²) < 4.78 is 0. The van der Waals surface area contributed by atoms with Crippen molar-refractivity contribution in [1.29, 1.82) is 0 Å². The van der Waals surface area contributed by atoms with Crippen LogP contribution in [0.5, 0.6) is 0 Å². The topological polar surface area (TPSA) is 78.4 Å². The van der Waals surface area contributed by atoms with Crippen molar-refractivity contribution in [3.05, 3.63) is 0 Å². The predicted molar refractivity (Wildman–Crippen MR) is 75.0 cm³/mol. The molecule has 5 nitrogen and oxygen atoms in total. The summed E-state index contributed by atoms with van der Waals surface area (Å²) in [6.45, 7) is 5.71. The van der Waals surface area contributed by atoms with Gasteiger partial charge in [0.2, 0.25) is 0 Å². The molecule has 18 heavy (non-hydrogen) atoms. The summed E-state index contributed by atoms with van der Waals surface area (Å²) in [5.41, 5.74) is 0. The SMILES string of the molecule is CCC(CSC)NC(=O)NC(C(=O)O)C(C)CC. The molecule has 0 saturated heterocycles. The van der Waals surface area contributed by atoms with Gasteiger partial charge < -0.3 is 15.7 Å². The maximum absolute atomic E-state index is 11.7. The molecule has 6 heteroatoms. The number of nitrogens with one attached hydrogen (secondary N) is 2. The maximum Gasteiger partial charge on any atom is 0.326 e. The van der Waals surface area contributed by atoms with Gasteiger partial charge in [0.25, 0.3) is 0 Å². The van der Waals surface area contributed by atoms with E-state index in [1.54, 1.807) is 11.8 Å². The summed E-state index contributed by atoms with van der Waals surface area (Å²) in [6.07, 6.45) is 3.51. The number of hydrogen-bond acceptors (Lipinski definition) is 3. The lowest BCUT2D eigenvalue weighted by Crippen LogP contribution is -2.51. The molecule has 3 N–H and O–H groups in total. The number of amides is 2. The Kier molecular flexibility index (Phi) is 8.62. The Morgan fingerprint density at radius 3 is 2.22 bits per heavy atom. The van der Waals surface area contributed by atoms with Gasteiger partial charge in [-0.2, -0.15) is 11.8 Å². The fourth-order valence-electron chi connectivity index (χ4n) is 1.51. The van der Waals surface area contributed by atoms with E-state index in [4.69, 9.17) is 5.11 Å². The second-order valence-electron chi connectivity index (χ2n) is 4.38. The van der Waals surface area contributed by atoms with Crippen molar-refractivity contribution in [2.45, 2.75) is 45.7 Å². The van der Waals surface area contributed by atoms with Gasteiger partial charge in [-0.3, -0.25) is 0 Å². The molecule has 0 spiro atoms. The van der Waals surface area contributed by atoms with Gasteiger partial charge in [0.15, 0.2) is 0 Å². The highest BCUT2D eigenvalue weighted by molar-refractivity contribution is 7.98. The van der Waals surface area contributed by atoms with E-state index >= 15 is 0 Å². The molecule has 0 saturated carbocycles. The standard InChI is InChI=1S/C12H24N2O3S/c1-5-8(3)10(11(15)16)14-12(17)13-9(6-2)7-18-4/h8-10H,5-7H2,1-4H3,(H,15,16)(H2,13,14,17). The summed E-state index contributed by atoms with van der Waals surface area (Å²) in [5, 5.41) is 14.4. The Morgan fingerprint density at radius 1 is 1.22 bits per heavy atom. The molecular formula is C12H24N2O3S. The van der Waals surface area contributed by atoms with Crippen LogP contribution in [0.4, 0.5) is 4.79 Å². The first-order valence-corrected chi connectivity index (χ1v) is 7.64. The Labute approximate surface area is 113 Å². The zero-order valence-electron chi connectivity index (χ0n) is 11.5. The normalized spacial score (nSPS) is 15.6. The first kappa shape index (κ1) is 17.1. The minimum absolute atomic E-state index is 0.0753. The number of urea groups is 1. The number of hydrogen-bond donors (Lipinski definition) is 3. The molecule has 0 radical (unpaired) electrons. The molecular weight excluding hydrogens is 252 g/mol. The summed E-state index contributed by atoms with van der Waals surface area (Å²) >= 11 is 1.65. The lowest BCUT2D eigenvalue weighted by molar-refractivity contribution is -0.140. The highest BCUT2D eigenvalue weighted by Gasteiger charge is 2.25. The van der Waals surface area contributed by atoms with Gasteiger partial charge >= 0.3 is 12.0 Å². The third kappa shape index (κ3) is 6.14. The zero-order chi connectivity index (χ0) is 14.1. The largest absolute Gasteiger partial charge is 0.480 e. The zero-order valence-corrected chi connectivity index (χ0v) is 12.3. The van der Waals surface area contributed by atoms with Gasteiger partial charge in [0, 0.05) is 11.8 Å². The van der Waals surface area contributed by atoms with Crippen LogP contribution in [0.25, 0.3) is 0 Å². The van der Waals surface area contributed by atoms with E-state index in [1.807, 2.05) is 27.0 Å². The molecule has 0 heterocycles. The van der Waals surface area contributed by atoms with E-state index in [2.05, 4.69) is 10.6 Å². The highest BCUT2D eigenvalue weighted by atomic mass is 32.2. The molecule has 0 aliphatic heterocycles. The van der Waals surface area contributed by atoms with E-state index in [9.17, 15) is 9.59 Å². The van der Waals surface area contributed by atoms with Crippen LogP contribution in [0.1, 0.15) is 33.6 Å². The van der Waals surface area contributed by atoms with E-state index in [0.29, 0.717) is 6.42 Å². The quantitative estimate of drug-likeness (QED) is 0.633. The maximum atomic E-state index is 11.7. The van der Waals surface area contributed by atoms with Crippen molar-refractivity contribution >= 4 is 23.8 Å². The number of rotatable bonds is 8. The van der Waals surface area contributed by atoms with Gasteiger partial charge in [-0.05, 0) is 18.6 Å². The number of carbonyl (C=O) groups is 2. The molecule has 0 aliphatic carbocycles. The average molecular weight is 276 g/mol. The number of carboxylic acids is 1. The van der Waals surface area contributed by atoms with E-state index in [1.165, 1.54) is 0 Å². The van der Waals surface area contributed by atoms with Crippen LogP contribution >= 0.6 is 11.8 Å². The summed E-state index contributed by atoms with van der Waals surface area (Å²) in [7, 11) is 0. The number of aliphatic carboxylic acids is 1. The molecule has 0 aromatic rings. The van der Waals surface area contributed by atoms with Crippen LogP contribution in [0, 0.1) is 5.92 Å². The second kappa shape index (κ2) is 9.08. The van der Waals surface area contributed by atoms with E-state index < -0.39 is 18.0 Å². The molecule has 0 aromatic carbocycles. The third-order valence-electron chi connectivity index (χ3n) is 2.96. The first-order valence-electron chi connectivity index (χ1n) is 6.24. The minimum Gasteiger partial charge on any atom is -0.480 e. The van der Waals surface area contributed by atoms with Gasteiger partial charge in [-0.1, -0.05) is 27.2 Å². The van der Waals surface area contributed by atoms with Crippen molar-refractivity contribution in [2.24, 2.45) is 5.92 Å². The number of carboxylic acid groups (broad SMARTS) is 1. The summed E-state index contributed by atoms with van der Waals surface area (Å²) in [5.74, 6) is -0.253. The fraction of sp³-hybridized carbons (Fsp3) is 0.833. The van der Waals surface area contributed by atoms with Gasteiger partial charge in [-0.25, -0.2) is 9.59 Å². The second-order valence-corrected chi connectivity index (χ2v) is 5.29. The third-order valence-corrected chi connectivity index (χ3v) is 3.70. The average Bonchev–Trinajstić information content (AvgIpc) is 2.34. The Morgan fingerprint density at radius 2 is 1.83 bits per heavy atom. The molecule has 0 fully saturated rings. The first-order chi connectivity index (χ1) is 8.46. The lowest BCUT2D eigenvalue weighted by atomic mass is 9.99. The molecule has 2 amide bonds. The Balaban J connectivity index is 4.37. The van der Waals surface area contributed by atoms with Crippen molar-refractivity contribution in [1.82, 2.24) is 10.6 Å². The molecule has 106 valence electrons. The fourth-order valence-corrected chi connectivity index (χ4v) is 2.24. The van der Waals surface area contributed by atoms with Crippen molar-refractivity contribution < 1.29 is 14.7 Å². The predicted octanol–water partition coefficient (Wildman–Crippen LogP) is 1.93. The van der Waals surface area contributed by atoms with Crippen molar-refractivity contribution in [3.8, 4) is 0 Å². The number of carbonyl (C=O) groups excluding carboxylic acids is 1. The van der Waals surface area contributed by atoms with Gasteiger partial charge in [-0.15, -0.1) is 0 Å². The van der Waals surface area contributed by atoms with Crippen LogP contribution in [0.3, 0.4) is 0 Å².